The first-order valence-corrected chi connectivity index (χ1v) is 15.0. The molecule has 2 aliphatic rings. The van der Waals surface area contributed by atoms with Gasteiger partial charge in [-0.25, -0.2) is 0 Å². The summed E-state index contributed by atoms with van der Waals surface area (Å²) < 4.78 is 2.41. The van der Waals surface area contributed by atoms with E-state index in [0.717, 1.165) is 11.4 Å². The second-order valence-electron chi connectivity index (χ2n) is 11.7. The Labute approximate surface area is 250 Å². The van der Waals surface area contributed by atoms with Crippen LogP contribution >= 0.6 is 0 Å². The maximum absolute atomic E-state index is 2.49. The predicted molar refractivity (Wildman–Crippen MR) is 183 cm³/mol. The highest BCUT2D eigenvalue weighted by molar-refractivity contribution is 7.01. The summed E-state index contributed by atoms with van der Waals surface area (Å²) in [6.45, 7) is 0.192. The summed E-state index contributed by atoms with van der Waals surface area (Å²) >= 11 is 0. The number of benzene rings is 7. The molecule has 10 rings (SSSR count). The fraction of sp³-hybridized carbons (Fsp3) is 0. The molecule has 0 spiro atoms. The first kappa shape index (κ1) is 23.1. The van der Waals surface area contributed by atoms with E-state index in [1.807, 2.05) is 0 Å². The fourth-order valence-electron chi connectivity index (χ4n) is 7.90. The van der Waals surface area contributed by atoms with Crippen molar-refractivity contribution >= 4 is 72.7 Å². The summed E-state index contributed by atoms with van der Waals surface area (Å²) in [7, 11) is 0. The monoisotopic (exact) mass is 544 g/mol. The number of rotatable bonds is 2. The molecular weight excluding hydrogens is 519 g/mol. The molecule has 0 aliphatic carbocycles. The molecule has 3 heterocycles. The minimum atomic E-state index is 0.192. The Morgan fingerprint density at radius 1 is 0.442 bits per heavy atom. The summed E-state index contributed by atoms with van der Waals surface area (Å²) in [6, 6.07) is 55.9. The minimum Gasteiger partial charge on any atom is -0.311 e. The molecule has 8 aromatic rings. The van der Waals surface area contributed by atoms with E-state index in [2.05, 4.69) is 161 Å². The van der Waals surface area contributed by atoms with Crippen molar-refractivity contribution in [3.63, 3.8) is 0 Å². The lowest BCUT2D eigenvalue weighted by Crippen LogP contribution is -2.59. The van der Waals surface area contributed by atoms with Crippen LogP contribution in [0.2, 0.25) is 0 Å². The van der Waals surface area contributed by atoms with Gasteiger partial charge in [-0.2, -0.15) is 0 Å². The Morgan fingerprint density at radius 2 is 1.09 bits per heavy atom. The van der Waals surface area contributed by atoms with Crippen molar-refractivity contribution in [1.82, 2.24) is 4.57 Å². The molecule has 0 saturated heterocycles. The van der Waals surface area contributed by atoms with Crippen molar-refractivity contribution in [3.8, 4) is 16.8 Å². The number of anilines is 3. The summed E-state index contributed by atoms with van der Waals surface area (Å²) in [5.41, 5.74) is 14.1. The molecule has 0 fully saturated rings. The van der Waals surface area contributed by atoms with Crippen LogP contribution in [0.15, 0.2) is 152 Å². The van der Waals surface area contributed by atoms with Gasteiger partial charge in [0, 0.05) is 33.5 Å². The molecule has 1 aromatic heterocycles. The Balaban J connectivity index is 1.27. The van der Waals surface area contributed by atoms with Crippen LogP contribution in [0.1, 0.15) is 0 Å². The summed E-state index contributed by atoms with van der Waals surface area (Å²) in [6.07, 6.45) is 0. The molecule has 2 aliphatic heterocycles. The zero-order valence-electron chi connectivity index (χ0n) is 23.4. The van der Waals surface area contributed by atoms with Crippen molar-refractivity contribution < 1.29 is 0 Å². The molecule has 3 heteroatoms. The molecule has 0 amide bonds. The Hall–Kier alpha value is -5.54. The molecule has 0 radical (unpaired) electrons. The van der Waals surface area contributed by atoms with E-state index in [1.54, 1.807) is 0 Å². The van der Waals surface area contributed by atoms with Crippen LogP contribution in [0.4, 0.5) is 17.1 Å². The number of hydrogen-bond acceptors (Lipinski definition) is 1. The molecule has 198 valence electrons. The third-order valence-electron chi connectivity index (χ3n) is 9.57. The van der Waals surface area contributed by atoms with Crippen molar-refractivity contribution in [1.29, 1.82) is 0 Å². The zero-order valence-corrected chi connectivity index (χ0v) is 23.4. The quantitative estimate of drug-likeness (QED) is 0.199. The molecule has 0 unspecified atom stereocenters. The smallest absolute Gasteiger partial charge is 0.248 e. The van der Waals surface area contributed by atoms with Crippen LogP contribution in [0.5, 0.6) is 0 Å². The van der Waals surface area contributed by atoms with Crippen LogP contribution < -0.4 is 21.3 Å². The molecule has 0 atom stereocenters. The summed E-state index contributed by atoms with van der Waals surface area (Å²) in [4.78, 5) is 2.49. The second-order valence-corrected chi connectivity index (χ2v) is 11.7. The molecule has 0 saturated carbocycles. The van der Waals surface area contributed by atoms with E-state index in [1.165, 1.54) is 71.5 Å². The van der Waals surface area contributed by atoms with Gasteiger partial charge < -0.3 is 9.47 Å². The van der Waals surface area contributed by atoms with E-state index in [0.29, 0.717) is 0 Å². The predicted octanol–water partition coefficient (Wildman–Crippen LogP) is 8.22. The first-order chi connectivity index (χ1) is 21.4. The van der Waals surface area contributed by atoms with Crippen LogP contribution in [0.3, 0.4) is 0 Å². The van der Waals surface area contributed by atoms with E-state index < -0.39 is 0 Å². The van der Waals surface area contributed by atoms with Gasteiger partial charge in [-0.1, -0.05) is 115 Å². The molecule has 0 N–H and O–H groups in total. The van der Waals surface area contributed by atoms with Gasteiger partial charge >= 0.3 is 0 Å². The van der Waals surface area contributed by atoms with Crippen molar-refractivity contribution in [2.75, 3.05) is 4.90 Å². The molecular formula is C40H25BN2. The van der Waals surface area contributed by atoms with Gasteiger partial charge in [-0.3, -0.25) is 0 Å². The highest BCUT2D eigenvalue weighted by atomic mass is 15.2. The topological polar surface area (TPSA) is 8.17 Å². The average molecular weight is 544 g/mol. The minimum absolute atomic E-state index is 0.192. The van der Waals surface area contributed by atoms with Gasteiger partial charge in [-0.15, -0.1) is 0 Å². The number of nitrogens with zero attached hydrogens (tertiary/aromatic N) is 2. The molecule has 7 aromatic carbocycles. The number of hydrogen-bond donors (Lipinski definition) is 0. The van der Waals surface area contributed by atoms with Gasteiger partial charge in [-0.05, 0) is 75.3 Å². The van der Waals surface area contributed by atoms with Gasteiger partial charge in [0.05, 0.1) is 11.0 Å². The number of aromatic nitrogens is 1. The van der Waals surface area contributed by atoms with Crippen LogP contribution in [-0.2, 0) is 0 Å². The molecule has 0 bridgehead atoms. The van der Waals surface area contributed by atoms with E-state index in [9.17, 15) is 0 Å². The number of para-hydroxylation sites is 3. The normalized spacial score (nSPS) is 13.0. The Kier molecular flexibility index (Phi) is 4.56. The SMILES string of the molecule is c1cc(N2c3ccccc3B3c4ccccc4-c4cccc5ccc2c3c45)cc(-n2c3ccccc3c3ccccc32)c1. The average Bonchev–Trinajstić information content (AvgIpc) is 3.41. The maximum Gasteiger partial charge on any atom is 0.248 e. The lowest BCUT2D eigenvalue weighted by atomic mass is 9.32. The van der Waals surface area contributed by atoms with E-state index in [4.69, 9.17) is 0 Å². The van der Waals surface area contributed by atoms with E-state index >= 15 is 0 Å². The first-order valence-electron chi connectivity index (χ1n) is 15.0. The van der Waals surface area contributed by atoms with Crippen LogP contribution in [-0.4, -0.2) is 11.3 Å². The van der Waals surface area contributed by atoms with Crippen LogP contribution in [0.25, 0.3) is 49.4 Å². The molecule has 2 nitrogen and oxygen atoms in total. The lowest BCUT2D eigenvalue weighted by Gasteiger charge is -2.40. The zero-order chi connectivity index (χ0) is 28.1. The van der Waals surface area contributed by atoms with Crippen molar-refractivity contribution in [2.24, 2.45) is 0 Å². The summed E-state index contributed by atoms with van der Waals surface area (Å²) in [5.74, 6) is 0. The highest BCUT2D eigenvalue weighted by Crippen LogP contribution is 2.42. The lowest BCUT2D eigenvalue weighted by molar-refractivity contribution is 1.17. The third-order valence-corrected chi connectivity index (χ3v) is 9.57. The van der Waals surface area contributed by atoms with Crippen molar-refractivity contribution in [2.45, 2.75) is 0 Å². The van der Waals surface area contributed by atoms with Crippen LogP contribution in [0, 0.1) is 0 Å². The van der Waals surface area contributed by atoms with Gasteiger partial charge in [0.15, 0.2) is 0 Å². The second kappa shape index (κ2) is 8.50. The standard InChI is InChI=1S/C40H25BN2/c1-4-18-33-29(14-1)32-17-9-11-26-23-24-38-40(39(26)32)41(33)34-19-5-8-22-37(34)43(38)28-13-10-12-27(25-28)42-35-20-6-2-15-30(35)31-16-3-7-21-36(31)42/h1-25H. The van der Waals surface area contributed by atoms with Crippen molar-refractivity contribution in [3.05, 3.63) is 152 Å². The van der Waals surface area contributed by atoms with Gasteiger partial charge in [0.1, 0.15) is 0 Å². The highest BCUT2D eigenvalue weighted by Gasteiger charge is 2.40. The third kappa shape index (κ3) is 3.03. The van der Waals surface area contributed by atoms with Gasteiger partial charge in [0.2, 0.25) is 6.71 Å². The fourth-order valence-corrected chi connectivity index (χ4v) is 7.90. The number of fused-ring (bicyclic) bond motifs is 8. The molecule has 43 heavy (non-hydrogen) atoms. The maximum atomic E-state index is 2.49. The largest absolute Gasteiger partial charge is 0.311 e. The Bertz CT molecular complexity index is 2380. The summed E-state index contributed by atoms with van der Waals surface area (Å²) in [5, 5.41) is 5.23. The van der Waals surface area contributed by atoms with Gasteiger partial charge in [0.25, 0.3) is 0 Å². The Morgan fingerprint density at radius 3 is 1.93 bits per heavy atom. The van der Waals surface area contributed by atoms with E-state index in [-0.39, 0.29) is 6.71 Å².